The van der Waals surface area contributed by atoms with E-state index in [-0.39, 0.29) is 36.1 Å². The molecule has 2 aromatic rings. The van der Waals surface area contributed by atoms with Gasteiger partial charge in [0.15, 0.2) is 11.5 Å². The van der Waals surface area contributed by atoms with Crippen LogP contribution in [-0.4, -0.2) is 31.1 Å². The molecule has 158 valence electrons. The van der Waals surface area contributed by atoms with Crippen molar-refractivity contribution in [3.05, 3.63) is 42.0 Å². The quantitative estimate of drug-likeness (QED) is 0.788. The second-order valence-corrected chi connectivity index (χ2v) is 6.77. The molecule has 0 saturated carbocycles. The number of carbonyl (C=O) groups is 2. The predicted octanol–water partition coefficient (Wildman–Crippen LogP) is 3.49. The minimum absolute atomic E-state index is 0.181. The van der Waals surface area contributed by atoms with Gasteiger partial charge < -0.3 is 24.8 Å². The van der Waals surface area contributed by atoms with E-state index in [0.717, 1.165) is 12.1 Å². The lowest BCUT2D eigenvalue weighted by molar-refractivity contribution is -0.137. The Kier molecular flexibility index (Phi) is 5.15. The molecule has 2 N–H and O–H groups in total. The van der Waals surface area contributed by atoms with Crippen LogP contribution in [0.1, 0.15) is 18.4 Å². The monoisotopic (exact) mass is 422 g/mol. The zero-order valence-corrected chi connectivity index (χ0v) is 15.5. The van der Waals surface area contributed by atoms with E-state index in [1.807, 2.05) is 0 Å². The van der Waals surface area contributed by atoms with Gasteiger partial charge in [-0.15, -0.1) is 0 Å². The van der Waals surface area contributed by atoms with E-state index in [1.54, 1.807) is 0 Å². The van der Waals surface area contributed by atoms with Crippen LogP contribution in [0.5, 0.6) is 23.0 Å². The van der Waals surface area contributed by atoms with Crippen molar-refractivity contribution in [3.63, 3.8) is 0 Å². The fourth-order valence-electron chi connectivity index (χ4n) is 3.16. The van der Waals surface area contributed by atoms with Crippen LogP contribution in [0.15, 0.2) is 36.4 Å². The zero-order chi connectivity index (χ0) is 21.3. The summed E-state index contributed by atoms with van der Waals surface area (Å²) in [6.07, 6.45) is -3.79. The van der Waals surface area contributed by atoms with Crippen molar-refractivity contribution in [2.75, 3.05) is 18.5 Å². The lowest BCUT2D eigenvalue weighted by atomic mass is 10.2. The number of halogens is 3. The molecule has 2 aromatic carbocycles. The van der Waals surface area contributed by atoms with Gasteiger partial charge in [0.1, 0.15) is 30.8 Å². The van der Waals surface area contributed by atoms with Crippen LogP contribution in [0.25, 0.3) is 0 Å². The highest BCUT2D eigenvalue weighted by Gasteiger charge is 2.31. The third-order valence-electron chi connectivity index (χ3n) is 4.60. The summed E-state index contributed by atoms with van der Waals surface area (Å²) in [6, 6.07) is 6.59. The largest absolute Gasteiger partial charge is 0.486 e. The second-order valence-electron chi connectivity index (χ2n) is 6.77. The Morgan fingerprint density at radius 1 is 1.10 bits per heavy atom. The summed E-state index contributed by atoms with van der Waals surface area (Å²) in [4.78, 5) is 23.8. The van der Waals surface area contributed by atoms with Crippen LogP contribution in [0.2, 0.25) is 0 Å². The van der Waals surface area contributed by atoms with Crippen LogP contribution in [-0.2, 0) is 15.8 Å². The van der Waals surface area contributed by atoms with E-state index in [1.165, 1.54) is 24.3 Å². The van der Waals surface area contributed by atoms with Gasteiger partial charge in [0, 0.05) is 18.6 Å². The number of nitrogens with one attached hydrogen (secondary N) is 2. The Labute approximate surface area is 169 Å². The highest BCUT2D eigenvalue weighted by Crippen LogP contribution is 2.42. The number of alkyl halides is 3. The van der Waals surface area contributed by atoms with Crippen molar-refractivity contribution in [2.24, 2.45) is 0 Å². The van der Waals surface area contributed by atoms with E-state index in [0.29, 0.717) is 24.5 Å². The molecule has 1 fully saturated rings. The maximum atomic E-state index is 12.7. The molecule has 1 saturated heterocycles. The minimum Gasteiger partial charge on any atom is -0.486 e. The van der Waals surface area contributed by atoms with E-state index >= 15 is 0 Å². The van der Waals surface area contributed by atoms with Crippen LogP contribution >= 0.6 is 0 Å². The first-order valence-corrected chi connectivity index (χ1v) is 9.18. The van der Waals surface area contributed by atoms with Gasteiger partial charge in [0.05, 0.1) is 11.3 Å². The molecule has 2 heterocycles. The lowest BCUT2D eigenvalue weighted by Crippen LogP contribution is -2.37. The molecule has 0 aromatic heterocycles. The SMILES string of the molecule is O=C1CCC(C(=O)Nc2cc(Oc3ccc(C(F)(F)F)cc3)cc3c2OCCO3)N1. The molecule has 30 heavy (non-hydrogen) atoms. The zero-order valence-electron chi connectivity index (χ0n) is 15.5. The van der Waals surface area contributed by atoms with Crippen molar-refractivity contribution in [1.29, 1.82) is 0 Å². The summed E-state index contributed by atoms with van der Waals surface area (Å²) >= 11 is 0. The van der Waals surface area contributed by atoms with E-state index in [4.69, 9.17) is 14.2 Å². The normalized spacial score (nSPS) is 18.0. The van der Waals surface area contributed by atoms with Gasteiger partial charge in [-0.05, 0) is 30.7 Å². The molecule has 7 nitrogen and oxygen atoms in total. The molecule has 4 rings (SSSR count). The molecule has 0 aliphatic carbocycles. The number of hydrogen-bond donors (Lipinski definition) is 2. The van der Waals surface area contributed by atoms with E-state index in [9.17, 15) is 22.8 Å². The Hall–Kier alpha value is -3.43. The van der Waals surface area contributed by atoms with Crippen LogP contribution < -0.4 is 24.8 Å². The average molecular weight is 422 g/mol. The van der Waals surface area contributed by atoms with Crippen LogP contribution in [0.4, 0.5) is 18.9 Å². The fraction of sp³-hybridized carbons (Fsp3) is 0.300. The first-order valence-electron chi connectivity index (χ1n) is 9.18. The van der Waals surface area contributed by atoms with Gasteiger partial charge in [-0.3, -0.25) is 9.59 Å². The molecule has 0 radical (unpaired) electrons. The molecule has 2 amide bonds. The number of anilines is 1. The van der Waals surface area contributed by atoms with Crippen LogP contribution in [0.3, 0.4) is 0 Å². The molecule has 1 atom stereocenters. The van der Waals surface area contributed by atoms with Crippen molar-refractivity contribution >= 4 is 17.5 Å². The maximum absolute atomic E-state index is 12.7. The number of rotatable bonds is 4. The highest BCUT2D eigenvalue weighted by atomic mass is 19.4. The molecule has 10 heteroatoms. The Balaban J connectivity index is 1.57. The molecule has 2 aliphatic heterocycles. The van der Waals surface area contributed by atoms with Gasteiger partial charge in [0.25, 0.3) is 0 Å². The highest BCUT2D eigenvalue weighted by molar-refractivity contribution is 6.00. The van der Waals surface area contributed by atoms with Crippen molar-refractivity contribution in [2.45, 2.75) is 25.1 Å². The minimum atomic E-state index is -4.44. The topological polar surface area (TPSA) is 85.9 Å². The molecular weight excluding hydrogens is 405 g/mol. The van der Waals surface area contributed by atoms with E-state index in [2.05, 4.69) is 10.6 Å². The lowest BCUT2D eigenvalue weighted by Gasteiger charge is -2.23. The summed E-state index contributed by atoms with van der Waals surface area (Å²) < 4.78 is 55.0. The summed E-state index contributed by atoms with van der Waals surface area (Å²) in [6.45, 7) is 0.581. The smallest absolute Gasteiger partial charge is 0.416 e. The number of carbonyl (C=O) groups excluding carboxylic acids is 2. The molecule has 2 aliphatic rings. The number of amides is 2. The standard InChI is InChI=1S/C20H17F3N2O5/c21-20(22,23)11-1-3-12(4-2-11)30-13-9-15(18-16(10-13)28-7-8-29-18)25-19(27)14-5-6-17(26)24-14/h1-4,9-10,14H,5-8H2,(H,24,26)(H,25,27). The van der Waals surface area contributed by atoms with E-state index < -0.39 is 23.7 Å². The first kappa shape index (κ1) is 19.9. The first-order chi connectivity index (χ1) is 14.3. The number of fused-ring (bicyclic) bond motifs is 1. The maximum Gasteiger partial charge on any atom is 0.416 e. The van der Waals surface area contributed by atoms with Gasteiger partial charge in [-0.2, -0.15) is 13.2 Å². The molecule has 0 spiro atoms. The van der Waals surface area contributed by atoms with Crippen molar-refractivity contribution in [3.8, 4) is 23.0 Å². The van der Waals surface area contributed by atoms with Crippen molar-refractivity contribution in [1.82, 2.24) is 5.32 Å². The summed E-state index contributed by atoms with van der Waals surface area (Å²) in [5.74, 6) is 0.458. The van der Waals surface area contributed by atoms with Gasteiger partial charge in [-0.1, -0.05) is 0 Å². The Morgan fingerprint density at radius 2 is 1.83 bits per heavy atom. The number of benzene rings is 2. The third-order valence-corrected chi connectivity index (χ3v) is 4.60. The van der Waals surface area contributed by atoms with Gasteiger partial charge in [-0.25, -0.2) is 0 Å². The van der Waals surface area contributed by atoms with Gasteiger partial charge >= 0.3 is 6.18 Å². The third kappa shape index (κ3) is 4.27. The van der Waals surface area contributed by atoms with Crippen molar-refractivity contribution < 1.29 is 37.0 Å². The molecule has 0 bridgehead atoms. The molecular formula is C20H17F3N2O5. The Bertz CT molecular complexity index is 976. The van der Waals surface area contributed by atoms with Gasteiger partial charge in [0.2, 0.25) is 11.8 Å². The predicted molar refractivity (Wildman–Crippen MR) is 98.7 cm³/mol. The fourth-order valence-corrected chi connectivity index (χ4v) is 3.16. The number of hydrogen-bond acceptors (Lipinski definition) is 5. The summed E-state index contributed by atoms with van der Waals surface area (Å²) in [7, 11) is 0. The Morgan fingerprint density at radius 3 is 2.50 bits per heavy atom. The summed E-state index contributed by atoms with van der Waals surface area (Å²) in [5, 5.41) is 5.28. The number of ether oxygens (including phenoxy) is 3. The second kappa shape index (κ2) is 7.77. The molecule has 1 unspecified atom stereocenters. The average Bonchev–Trinajstić information content (AvgIpc) is 3.14. The van der Waals surface area contributed by atoms with Crippen LogP contribution in [0, 0.1) is 0 Å². The summed E-state index contributed by atoms with van der Waals surface area (Å²) in [5.41, 5.74) is -0.510.